The van der Waals surface area contributed by atoms with Gasteiger partial charge in [-0.2, -0.15) is 0 Å². The Bertz CT molecular complexity index is 1360. The van der Waals surface area contributed by atoms with E-state index in [1.807, 2.05) is 85.1 Å². The minimum absolute atomic E-state index is 0.0767. The molecule has 2 nitrogen and oxygen atoms in total. The Kier molecular flexibility index (Phi) is 5.69. The molecule has 4 aromatic rings. The van der Waals surface area contributed by atoms with Crippen molar-refractivity contribution in [3.05, 3.63) is 156 Å². The molecule has 1 unspecified atom stereocenters. The molecule has 3 heteroatoms. The van der Waals surface area contributed by atoms with Crippen LogP contribution in [0.15, 0.2) is 133 Å². The Balaban J connectivity index is 1.75. The zero-order valence-corrected chi connectivity index (χ0v) is 18.9. The lowest BCUT2D eigenvalue weighted by atomic mass is 9.80. The van der Waals surface area contributed by atoms with Crippen molar-refractivity contribution in [1.29, 1.82) is 0 Å². The number of halogens is 1. The number of para-hydroxylation sites is 1. The van der Waals surface area contributed by atoms with Gasteiger partial charge in [0.15, 0.2) is 5.78 Å². The molecule has 0 saturated heterocycles. The van der Waals surface area contributed by atoms with Crippen molar-refractivity contribution in [1.82, 2.24) is 0 Å². The van der Waals surface area contributed by atoms with Gasteiger partial charge in [-0.15, -0.1) is 0 Å². The molecule has 166 valence electrons. The van der Waals surface area contributed by atoms with Gasteiger partial charge in [-0.25, -0.2) is 4.39 Å². The lowest BCUT2D eigenvalue weighted by Crippen LogP contribution is -2.42. The number of hydrogen-bond donors (Lipinski definition) is 0. The molecule has 0 bridgehead atoms. The van der Waals surface area contributed by atoms with Crippen molar-refractivity contribution < 1.29 is 9.18 Å². The normalized spacial score (nSPS) is 17.6. The fourth-order valence-corrected chi connectivity index (χ4v) is 4.48. The summed E-state index contributed by atoms with van der Waals surface area (Å²) in [7, 11) is 0. The highest BCUT2D eigenvalue weighted by Crippen LogP contribution is 2.43. The van der Waals surface area contributed by atoms with Gasteiger partial charge in [-0.3, -0.25) is 4.79 Å². The fraction of sp³-hybridized carbons (Fsp3) is 0.0645. The Labute approximate surface area is 199 Å². The number of hydrogen-bond acceptors (Lipinski definition) is 2. The van der Waals surface area contributed by atoms with E-state index in [0.717, 1.165) is 22.4 Å². The van der Waals surface area contributed by atoms with E-state index < -0.39 is 5.54 Å². The van der Waals surface area contributed by atoms with Gasteiger partial charge < -0.3 is 4.90 Å². The molecule has 0 N–H and O–H groups in total. The van der Waals surface area contributed by atoms with Crippen LogP contribution in [-0.4, -0.2) is 5.78 Å². The van der Waals surface area contributed by atoms with E-state index in [2.05, 4.69) is 30.0 Å². The van der Waals surface area contributed by atoms with E-state index in [0.29, 0.717) is 11.1 Å². The second-order valence-electron chi connectivity index (χ2n) is 8.52. The summed E-state index contributed by atoms with van der Waals surface area (Å²) in [5.74, 6) is -0.385. The third-order valence-corrected chi connectivity index (χ3v) is 6.30. The van der Waals surface area contributed by atoms with Gasteiger partial charge >= 0.3 is 0 Å². The predicted molar refractivity (Wildman–Crippen MR) is 136 cm³/mol. The van der Waals surface area contributed by atoms with Crippen LogP contribution in [0.4, 0.5) is 10.1 Å². The van der Waals surface area contributed by atoms with Crippen LogP contribution in [-0.2, 0) is 5.54 Å². The van der Waals surface area contributed by atoms with Crippen molar-refractivity contribution >= 4 is 17.0 Å². The van der Waals surface area contributed by atoms with Gasteiger partial charge in [0, 0.05) is 23.0 Å². The molecule has 4 aromatic carbocycles. The highest BCUT2D eigenvalue weighted by atomic mass is 19.1. The van der Waals surface area contributed by atoms with Gasteiger partial charge in [-0.1, -0.05) is 91.0 Å². The van der Waals surface area contributed by atoms with Crippen LogP contribution in [0.1, 0.15) is 28.4 Å². The monoisotopic (exact) mass is 445 g/mol. The number of benzene rings is 4. The number of nitrogens with zero attached hydrogens (tertiary/aromatic N) is 1. The Morgan fingerprint density at radius 1 is 0.735 bits per heavy atom. The second kappa shape index (κ2) is 8.95. The zero-order chi connectivity index (χ0) is 23.5. The number of ketones is 1. The van der Waals surface area contributed by atoms with Crippen molar-refractivity contribution in [2.24, 2.45) is 0 Å². The topological polar surface area (TPSA) is 20.3 Å². The molecule has 1 atom stereocenters. The zero-order valence-electron chi connectivity index (χ0n) is 18.9. The van der Waals surface area contributed by atoms with Crippen LogP contribution < -0.4 is 4.90 Å². The number of allylic oxidation sites excluding steroid dienone is 2. The van der Waals surface area contributed by atoms with Crippen LogP contribution >= 0.6 is 0 Å². The minimum atomic E-state index is -0.577. The molecular weight excluding hydrogens is 421 g/mol. The molecule has 1 aliphatic rings. The van der Waals surface area contributed by atoms with Gasteiger partial charge in [0.1, 0.15) is 5.82 Å². The van der Waals surface area contributed by atoms with Crippen LogP contribution in [0.5, 0.6) is 0 Å². The maximum atomic E-state index is 13.8. The van der Waals surface area contributed by atoms with Crippen LogP contribution in [0.25, 0.3) is 5.57 Å². The van der Waals surface area contributed by atoms with E-state index in [9.17, 15) is 9.18 Å². The Morgan fingerprint density at radius 2 is 1.29 bits per heavy atom. The number of rotatable bonds is 5. The smallest absolute Gasteiger partial charge is 0.195 e. The molecule has 0 saturated carbocycles. The van der Waals surface area contributed by atoms with E-state index in [-0.39, 0.29) is 11.6 Å². The lowest BCUT2D eigenvalue weighted by Gasteiger charge is -2.43. The summed E-state index contributed by atoms with van der Waals surface area (Å²) >= 11 is 0. The fourth-order valence-electron chi connectivity index (χ4n) is 4.48. The molecule has 34 heavy (non-hydrogen) atoms. The number of anilines is 1. The van der Waals surface area contributed by atoms with E-state index in [1.165, 1.54) is 12.1 Å². The number of carbonyl (C=O) groups excluding carboxylic acids is 1. The molecule has 0 amide bonds. The third-order valence-electron chi connectivity index (χ3n) is 6.30. The average molecular weight is 446 g/mol. The summed E-state index contributed by atoms with van der Waals surface area (Å²) in [4.78, 5) is 15.9. The van der Waals surface area contributed by atoms with E-state index in [1.54, 1.807) is 12.1 Å². The van der Waals surface area contributed by atoms with Crippen molar-refractivity contribution in [3.8, 4) is 0 Å². The van der Waals surface area contributed by atoms with E-state index >= 15 is 0 Å². The van der Waals surface area contributed by atoms with Crippen LogP contribution in [0.3, 0.4) is 0 Å². The van der Waals surface area contributed by atoms with E-state index in [4.69, 9.17) is 0 Å². The van der Waals surface area contributed by atoms with Crippen LogP contribution in [0, 0.1) is 5.82 Å². The molecule has 0 aliphatic carbocycles. The molecule has 1 heterocycles. The number of carbonyl (C=O) groups is 1. The molecule has 0 spiro atoms. The summed E-state index contributed by atoms with van der Waals surface area (Å²) in [5.41, 5.74) is 4.24. The largest absolute Gasteiger partial charge is 0.334 e. The first-order valence-corrected chi connectivity index (χ1v) is 11.3. The summed E-state index contributed by atoms with van der Waals surface area (Å²) in [6, 6.07) is 35.9. The second-order valence-corrected chi connectivity index (χ2v) is 8.52. The Morgan fingerprint density at radius 3 is 1.91 bits per heavy atom. The predicted octanol–water partition coefficient (Wildman–Crippen LogP) is 7.41. The summed E-state index contributed by atoms with van der Waals surface area (Å²) in [6.07, 6.45) is 4.06. The minimum Gasteiger partial charge on any atom is -0.334 e. The maximum absolute atomic E-state index is 13.8. The number of Topliss-reactive ketones (excluding diaryl/α,β-unsaturated/α-hetero) is 1. The molecule has 0 aromatic heterocycles. The summed E-state index contributed by atoms with van der Waals surface area (Å²) < 4.78 is 13.8. The SMILES string of the molecule is CC1(c2ccccc2)C=C(c2ccc(F)cc2)C(C(=O)c2ccccc2)=CN1c1ccccc1. The average Bonchev–Trinajstić information content (AvgIpc) is 2.90. The van der Waals surface area contributed by atoms with Gasteiger partial charge in [0.25, 0.3) is 0 Å². The van der Waals surface area contributed by atoms with Crippen molar-refractivity contribution in [3.63, 3.8) is 0 Å². The standard InChI is InChI=1S/C31H24FNO/c1-31(25-13-7-3-8-14-25)21-28(23-17-19-26(32)20-18-23)29(30(34)24-11-5-2-6-12-24)22-33(31)27-15-9-4-10-16-27/h2-22H,1H3. The third kappa shape index (κ3) is 3.97. The van der Waals surface area contributed by atoms with Crippen LogP contribution in [0.2, 0.25) is 0 Å². The summed E-state index contributed by atoms with van der Waals surface area (Å²) in [5, 5.41) is 0. The molecule has 5 rings (SSSR count). The Hall–Kier alpha value is -4.24. The lowest BCUT2D eigenvalue weighted by molar-refractivity contribution is 0.103. The first-order chi connectivity index (χ1) is 16.6. The molecule has 0 radical (unpaired) electrons. The first kappa shape index (κ1) is 21.6. The maximum Gasteiger partial charge on any atom is 0.195 e. The highest BCUT2D eigenvalue weighted by Gasteiger charge is 2.37. The molecule has 1 aliphatic heterocycles. The first-order valence-electron chi connectivity index (χ1n) is 11.3. The summed E-state index contributed by atoms with van der Waals surface area (Å²) in [6.45, 7) is 2.14. The van der Waals surface area contributed by atoms with Gasteiger partial charge in [0.2, 0.25) is 0 Å². The quantitative estimate of drug-likeness (QED) is 0.298. The van der Waals surface area contributed by atoms with Gasteiger partial charge in [0.05, 0.1) is 5.54 Å². The highest BCUT2D eigenvalue weighted by molar-refractivity contribution is 6.19. The molecular formula is C31H24FNO. The molecule has 0 fully saturated rings. The van der Waals surface area contributed by atoms with Crippen molar-refractivity contribution in [2.45, 2.75) is 12.5 Å². The van der Waals surface area contributed by atoms with Crippen molar-refractivity contribution in [2.75, 3.05) is 4.90 Å². The van der Waals surface area contributed by atoms with Gasteiger partial charge in [-0.05, 0) is 54.0 Å².